The van der Waals surface area contributed by atoms with Crippen LogP contribution < -0.4 is 4.74 Å². The fraction of sp³-hybridized carbons (Fsp3) is 0.200. The van der Waals surface area contributed by atoms with Crippen molar-refractivity contribution in [1.29, 1.82) is 5.26 Å². The zero-order chi connectivity index (χ0) is 17.3. The molecular weight excluding hydrogens is 340 g/mol. The van der Waals surface area contributed by atoms with Crippen LogP contribution >= 0.6 is 0 Å². The molecule has 0 unspecified atom stereocenters. The van der Waals surface area contributed by atoms with Gasteiger partial charge in [-0.2, -0.15) is 9.57 Å². The van der Waals surface area contributed by atoms with Crippen molar-refractivity contribution in [2.45, 2.75) is 11.0 Å². The van der Waals surface area contributed by atoms with Crippen LogP contribution in [0.2, 0.25) is 0 Å². The van der Waals surface area contributed by atoms with Crippen molar-refractivity contribution >= 4 is 10.0 Å². The highest BCUT2D eigenvalue weighted by atomic mass is 32.2. The van der Waals surface area contributed by atoms with E-state index in [1.165, 1.54) is 18.3 Å². The predicted octanol–water partition coefficient (Wildman–Crippen LogP) is 1.68. The minimum atomic E-state index is -4.05. The molecule has 2 aromatic rings. The minimum Gasteiger partial charge on any atom is -0.471 e. The average molecular weight is 351 g/mol. The molecule has 0 bridgehead atoms. The summed E-state index contributed by atoms with van der Waals surface area (Å²) in [6.45, 7) is 0.0230. The van der Waals surface area contributed by atoms with E-state index >= 15 is 0 Å². The fourth-order valence-corrected chi connectivity index (χ4v) is 3.76. The van der Waals surface area contributed by atoms with Gasteiger partial charge in [-0.05, 0) is 18.2 Å². The third kappa shape index (κ3) is 3.06. The molecule has 1 aliphatic heterocycles. The molecule has 1 saturated heterocycles. The number of ether oxygens (including phenoxy) is 1. The van der Waals surface area contributed by atoms with Crippen LogP contribution in [0.1, 0.15) is 5.56 Å². The molecule has 2 heterocycles. The number of nitrogens with zero attached hydrogens (tertiary/aromatic N) is 3. The maximum absolute atomic E-state index is 13.7. The van der Waals surface area contributed by atoms with Gasteiger partial charge in [0.25, 0.3) is 0 Å². The van der Waals surface area contributed by atoms with Crippen LogP contribution in [0.15, 0.2) is 41.4 Å². The van der Waals surface area contributed by atoms with E-state index in [4.69, 9.17) is 10.00 Å². The van der Waals surface area contributed by atoms with E-state index in [0.29, 0.717) is 11.6 Å². The van der Waals surface area contributed by atoms with Crippen LogP contribution in [0, 0.1) is 23.0 Å². The Morgan fingerprint density at radius 1 is 1.25 bits per heavy atom. The van der Waals surface area contributed by atoms with Gasteiger partial charge in [0, 0.05) is 18.3 Å². The first-order chi connectivity index (χ1) is 11.4. The number of halogens is 2. The lowest BCUT2D eigenvalue weighted by molar-refractivity contribution is 0.0719. The highest BCUT2D eigenvalue weighted by Crippen LogP contribution is 2.26. The van der Waals surface area contributed by atoms with Crippen LogP contribution in [-0.4, -0.2) is 36.9 Å². The van der Waals surface area contributed by atoms with E-state index in [-0.39, 0.29) is 19.0 Å². The fourth-order valence-electron chi connectivity index (χ4n) is 2.21. The first kappa shape index (κ1) is 16.3. The summed E-state index contributed by atoms with van der Waals surface area (Å²) in [5.74, 6) is -1.77. The second-order valence-corrected chi connectivity index (χ2v) is 7.04. The molecule has 0 N–H and O–H groups in total. The summed E-state index contributed by atoms with van der Waals surface area (Å²) < 4.78 is 57.7. The van der Waals surface area contributed by atoms with E-state index in [1.807, 2.05) is 6.07 Å². The Morgan fingerprint density at radius 2 is 2.00 bits per heavy atom. The van der Waals surface area contributed by atoms with Gasteiger partial charge in [-0.15, -0.1) is 0 Å². The van der Waals surface area contributed by atoms with Crippen molar-refractivity contribution in [2.24, 2.45) is 0 Å². The van der Waals surface area contributed by atoms with Gasteiger partial charge in [-0.25, -0.2) is 22.2 Å². The molecule has 24 heavy (non-hydrogen) atoms. The summed E-state index contributed by atoms with van der Waals surface area (Å²) in [6.07, 6.45) is 0.958. The molecule has 6 nitrogen and oxygen atoms in total. The second-order valence-electron chi connectivity index (χ2n) is 5.13. The molecule has 0 spiro atoms. The molecule has 1 aromatic heterocycles. The largest absolute Gasteiger partial charge is 0.471 e. The van der Waals surface area contributed by atoms with Crippen molar-refractivity contribution in [2.75, 3.05) is 13.1 Å². The quantitative estimate of drug-likeness (QED) is 0.837. The van der Waals surface area contributed by atoms with Gasteiger partial charge in [0.1, 0.15) is 22.6 Å². The average Bonchev–Trinajstić information content (AvgIpc) is 2.50. The number of pyridine rings is 1. The van der Waals surface area contributed by atoms with Crippen LogP contribution in [0.5, 0.6) is 5.88 Å². The summed E-state index contributed by atoms with van der Waals surface area (Å²) in [5, 5.41) is 8.80. The molecular formula is C15H11F2N3O3S. The summed E-state index contributed by atoms with van der Waals surface area (Å²) >= 11 is 0. The summed E-state index contributed by atoms with van der Waals surface area (Å²) in [4.78, 5) is 3.36. The molecule has 124 valence electrons. The van der Waals surface area contributed by atoms with Crippen LogP contribution in [-0.2, 0) is 10.0 Å². The van der Waals surface area contributed by atoms with Gasteiger partial charge in [-0.1, -0.05) is 0 Å². The van der Waals surface area contributed by atoms with Crippen molar-refractivity contribution < 1.29 is 21.9 Å². The highest BCUT2D eigenvalue weighted by molar-refractivity contribution is 7.89. The number of nitriles is 1. The number of aromatic nitrogens is 1. The van der Waals surface area contributed by atoms with Gasteiger partial charge >= 0.3 is 0 Å². The van der Waals surface area contributed by atoms with Gasteiger partial charge in [0.2, 0.25) is 15.9 Å². The normalized spacial score (nSPS) is 15.5. The Kier molecular flexibility index (Phi) is 4.17. The molecule has 1 aromatic carbocycles. The molecule has 0 amide bonds. The standard InChI is InChI=1S/C15H11F2N3O3S/c16-11-1-2-14(13(17)6-11)24(21,22)20-8-12(9-20)23-15-5-10(7-18)3-4-19-15/h1-6,12H,8-9H2. The smallest absolute Gasteiger partial charge is 0.246 e. The summed E-state index contributed by atoms with van der Waals surface area (Å²) in [6, 6.07) is 7.21. The summed E-state index contributed by atoms with van der Waals surface area (Å²) in [7, 11) is -4.05. The SMILES string of the molecule is N#Cc1ccnc(OC2CN(S(=O)(=O)c3ccc(F)cc3F)C2)c1. The number of hydrogen-bond donors (Lipinski definition) is 0. The van der Waals surface area contributed by atoms with Crippen LogP contribution in [0.4, 0.5) is 8.78 Å². The van der Waals surface area contributed by atoms with Gasteiger partial charge in [0.05, 0.1) is 24.7 Å². The first-order valence-electron chi connectivity index (χ1n) is 6.88. The van der Waals surface area contributed by atoms with Crippen molar-refractivity contribution in [3.05, 3.63) is 53.7 Å². The third-order valence-electron chi connectivity index (χ3n) is 3.48. The van der Waals surface area contributed by atoms with Crippen LogP contribution in [0.25, 0.3) is 0 Å². The van der Waals surface area contributed by atoms with Gasteiger partial charge in [0.15, 0.2) is 0 Å². The van der Waals surface area contributed by atoms with E-state index in [2.05, 4.69) is 4.98 Å². The minimum absolute atomic E-state index is 0.0115. The van der Waals surface area contributed by atoms with Crippen molar-refractivity contribution in [3.8, 4) is 11.9 Å². The lowest BCUT2D eigenvalue weighted by Gasteiger charge is -2.37. The van der Waals surface area contributed by atoms with E-state index in [0.717, 1.165) is 16.4 Å². The number of sulfonamides is 1. The highest BCUT2D eigenvalue weighted by Gasteiger charge is 2.39. The third-order valence-corrected chi connectivity index (χ3v) is 5.34. The molecule has 1 aliphatic rings. The van der Waals surface area contributed by atoms with Crippen molar-refractivity contribution in [1.82, 2.24) is 9.29 Å². The first-order valence-corrected chi connectivity index (χ1v) is 8.32. The number of benzene rings is 1. The van der Waals surface area contributed by atoms with E-state index < -0.39 is 32.7 Å². The zero-order valence-electron chi connectivity index (χ0n) is 12.2. The van der Waals surface area contributed by atoms with E-state index in [9.17, 15) is 17.2 Å². The van der Waals surface area contributed by atoms with E-state index in [1.54, 1.807) is 0 Å². The Balaban J connectivity index is 1.68. The molecule has 3 rings (SSSR count). The number of hydrogen-bond acceptors (Lipinski definition) is 5. The number of rotatable bonds is 4. The maximum atomic E-state index is 13.7. The maximum Gasteiger partial charge on any atom is 0.246 e. The van der Waals surface area contributed by atoms with Crippen LogP contribution in [0.3, 0.4) is 0 Å². The Morgan fingerprint density at radius 3 is 2.67 bits per heavy atom. The Hall–Kier alpha value is -2.57. The Labute approximate surface area is 137 Å². The van der Waals surface area contributed by atoms with Crippen molar-refractivity contribution in [3.63, 3.8) is 0 Å². The molecule has 0 aliphatic carbocycles. The Bertz CT molecular complexity index is 922. The second kappa shape index (κ2) is 6.14. The zero-order valence-corrected chi connectivity index (χ0v) is 13.0. The van der Waals surface area contributed by atoms with Gasteiger partial charge in [-0.3, -0.25) is 0 Å². The predicted molar refractivity (Wildman–Crippen MR) is 78.5 cm³/mol. The molecule has 0 saturated carbocycles. The molecule has 1 fully saturated rings. The molecule has 0 atom stereocenters. The summed E-state index contributed by atoms with van der Waals surface area (Å²) in [5.41, 5.74) is 0.372. The lowest BCUT2D eigenvalue weighted by Crippen LogP contribution is -2.56. The molecule has 9 heteroatoms. The van der Waals surface area contributed by atoms with Gasteiger partial charge < -0.3 is 4.74 Å². The topological polar surface area (TPSA) is 83.3 Å². The lowest BCUT2D eigenvalue weighted by atomic mass is 10.2. The monoisotopic (exact) mass is 351 g/mol. The molecule has 0 radical (unpaired) electrons.